The molecule has 0 unspecified atom stereocenters. The number of methoxy groups -OCH3 is 1. The van der Waals surface area contributed by atoms with E-state index >= 15 is 0 Å². The van der Waals surface area contributed by atoms with Gasteiger partial charge in [0.25, 0.3) is 0 Å². The highest BCUT2D eigenvalue weighted by atomic mass is 32.2. The predicted molar refractivity (Wildman–Crippen MR) is 79.9 cm³/mol. The van der Waals surface area contributed by atoms with E-state index in [0.29, 0.717) is 11.7 Å². The molecule has 1 aromatic carbocycles. The first kappa shape index (κ1) is 15.4. The van der Waals surface area contributed by atoms with Gasteiger partial charge in [0.05, 0.1) is 19.4 Å². The predicted octanol–water partition coefficient (Wildman–Crippen LogP) is 2.07. The van der Waals surface area contributed by atoms with Gasteiger partial charge in [-0.2, -0.15) is 0 Å². The zero-order chi connectivity index (χ0) is 15.2. The second-order valence-corrected chi connectivity index (χ2v) is 5.28. The van der Waals surface area contributed by atoms with Crippen molar-refractivity contribution in [3.05, 3.63) is 35.7 Å². The summed E-state index contributed by atoms with van der Waals surface area (Å²) in [6, 6.07) is 7.73. The number of hydrogen-bond donors (Lipinski definition) is 1. The highest BCUT2D eigenvalue weighted by Gasteiger charge is 2.14. The molecule has 0 amide bonds. The second kappa shape index (κ2) is 7.12. The molecule has 21 heavy (non-hydrogen) atoms. The Bertz CT molecular complexity index is 628. The molecule has 2 rings (SSSR count). The summed E-state index contributed by atoms with van der Waals surface area (Å²) in [7, 11) is 1.63. The number of benzene rings is 1. The lowest BCUT2D eigenvalue weighted by Crippen LogP contribution is -2.08. The summed E-state index contributed by atoms with van der Waals surface area (Å²) in [6.45, 7) is 2.55. The number of aryl methyl sites for hydroxylation is 1. The number of carboxylic acid groups (broad SMARTS) is 1. The van der Waals surface area contributed by atoms with E-state index in [2.05, 4.69) is 10.2 Å². The van der Waals surface area contributed by atoms with Crippen LogP contribution in [0.4, 0.5) is 0 Å². The van der Waals surface area contributed by atoms with E-state index in [9.17, 15) is 4.79 Å². The van der Waals surface area contributed by atoms with Crippen LogP contribution in [0, 0.1) is 0 Å². The maximum absolute atomic E-state index is 10.7. The van der Waals surface area contributed by atoms with Gasteiger partial charge in [0.1, 0.15) is 11.6 Å². The van der Waals surface area contributed by atoms with E-state index in [1.165, 1.54) is 11.8 Å². The number of carbonyl (C=O) groups is 1. The van der Waals surface area contributed by atoms with E-state index in [0.717, 1.165) is 23.6 Å². The molecule has 0 aliphatic heterocycles. The van der Waals surface area contributed by atoms with Gasteiger partial charge in [-0.15, -0.1) is 10.2 Å². The summed E-state index contributed by atoms with van der Waals surface area (Å²) in [4.78, 5) is 10.7. The van der Waals surface area contributed by atoms with Gasteiger partial charge in [0.2, 0.25) is 0 Å². The molecule has 0 saturated heterocycles. The zero-order valence-corrected chi connectivity index (χ0v) is 12.8. The summed E-state index contributed by atoms with van der Waals surface area (Å²) in [5.41, 5.74) is 1.01. The summed E-state index contributed by atoms with van der Waals surface area (Å²) in [5, 5.41) is 17.6. The third kappa shape index (κ3) is 3.75. The molecular formula is C14H17N3O3S. The lowest BCUT2D eigenvalue weighted by atomic mass is 10.2. The number of para-hydroxylation sites is 1. The molecule has 0 spiro atoms. The third-order valence-corrected chi connectivity index (χ3v) is 3.91. The Morgan fingerprint density at radius 3 is 2.81 bits per heavy atom. The summed E-state index contributed by atoms with van der Waals surface area (Å²) < 4.78 is 7.29. The van der Waals surface area contributed by atoms with E-state index in [1.54, 1.807) is 7.11 Å². The number of carboxylic acids is 1. The van der Waals surface area contributed by atoms with E-state index in [4.69, 9.17) is 9.84 Å². The first-order valence-corrected chi connectivity index (χ1v) is 7.52. The van der Waals surface area contributed by atoms with E-state index in [1.807, 2.05) is 35.8 Å². The van der Waals surface area contributed by atoms with Crippen molar-refractivity contribution in [3.63, 3.8) is 0 Å². The molecular weight excluding hydrogens is 290 g/mol. The molecule has 0 bridgehead atoms. The summed E-state index contributed by atoms with van der Waals surface area (Å²) in [6.07, 6.45) is 0.732. The molecule has 1 heterocycles. The van der Waals surface area contributed by atoms with E-state index in [-0.39, 0.29) is 5.75 Å². The number of hydrogen-bond acceptors (Lipinski definition) is 5. The number of rotatable bonds is 7. The standard InChI is InChI=1S/C14H17N3O3S/c1-3-12-15-16-14(21-9-13(18)19)17(12)8-10-6-4-5-7-11(10)20-2/h4-7H,3,8-9H2,1-2H3,(H,18,19). The van der Waals surface area contributed by atoms with Gasteiger partial charge in [-0.05, 0) is 6.07 Å². The highest BCUT2D eigenvalue weighted by molar-refractivity contribution is 7.99. The summed E-state index contributed by atoms with van der Waals surface area (Å²) >= 11 is 1.17. The Labute approximate surface area is 127 Å². The minimum absolute atomic E-state index is 0.0340. The van der Waals surface area contributed by atoms with Gasteiger partial charge in [-0.3, -0.25) is 4.79 Å². The van der Waals surface area contributed by atoms with Crippen molar-refractivity contribution >= 4 is 17.7 Å². The number of ether oxygens (including phenoxy) is 1. The Morgan fingerprint density at radius 1 is 1.38 bits per heavy atom. The fraction of sp³-hybridized carbons (Fsp3) is 0.357. The number of aromatic nitrogens is 3. The molecule has 6 nitrogen and oxygen atoms in total. The van der Waals surface area contributed by atoms with Crippen molar-refractivity contribution < 1.29 is 14.6 Å². The first-order valence-electron chi connectivity index (χ1n) is 6.54. The van der Waals surface area contributed by atoms with Gasteiger partial charge in [-0.1, -0.05) is 36.9 Å². The fourth-order valence-electron chi connectivity index (χ4n) is 1.98. The van der Waals surface area contributed by atoms with Gasteiger partial charge in [0.15, 0.2) is 5.16 Å². The quantitative estimate of drug-likeness (QED) is 0.789. The Balaban J connectivity index is 2.28. The topological polar surface area (TPSA) is 77.2 Å². The van der Waals surface area contributed by atoms with Crippen molar-refractivity contribution in [2.45, 2.75) is 25.0 Å². The molecule has 0 atom stereocenters. The van der Waals surface area contributed by atoms with Crippen LogP contribution in [0.2, 0.25) is 0 Å². The molecule has 0 fully saturated rings. The van der Waals surface area contributed by atoms with E-state index < -0.39 is 5.97 Å². The van der Waals surface area contributed by atoms with Gasteiger partial charge < -0.3 is 14.4 Å². The van der Waals surface area contributed by atoms with Crippen LogP contribution in [0.1, 0.15) is 18.3 Å². The minimum atomic E-state index is -0.870. The number of nitrogens with zero attached hydrogens (tertiary/aromatic N) is 3. The first-order chi connectivity index (χ1) is 10.2. The van der Waals surface area contributed by atoms with Crippen LogP contribution in [0.15, 0.2) is 29.4 Å². The molecule has 112 valence electrons. The molecule has 0 radical (unpaired) electrons. The summed E-state index contributed by atoms with van der Waals surface area (Å²) in [5.74, 6) is 0.717. The molecule has 7 heteroatoms. The lowest BCUT2D eigenvalue weighted by molar-refractivity contribution is -0.133. The maximum Gasteiger partial charge on any atom is 0.313 e. The Hall–Kier alpha value is -2.02. The van der Waals surface area contributed by atoms with Crippen molar-refractivity contribution in [1.82, 2.24) is 14.8 Å². The average Bonchev–Trinajstić information content (AvgIpc) is 2.87. The molecule has 1 N–H and O–H groups in total. The minimum Gasteiger partial charge on any atom is -0.496 e. The monoisotopic (exact) mass is 307 g/mol. The molecule has 2 aromatic rings. The molecule has 1 aromatic heterocycles. The van der Waals surface area contributed by atoms with Crippen LogP contribution in [0.3, 0.4) is 0 Å². The Morgan fingerprint density at radius 2 is 2.14 bits per heavy atom. The van der Waals surface area contributed by atoms with Crippen LogP contribution in [-0.2, 0) is 17.8 Å². The number of aliphatic carboxylic acids is 1. The van der Waals surface area contributed by atoms with Crippen LogP contribution in [-0.4, -0.2) is 38.7 Å². The maximum atomic E-state index is 10.7. The lowest BCUT2D eigenvalue weighted by Gasteiger charge is -2.12. The van der Waals surface area contributed by atoms with Gasteiger partial charge in [0, 0.05) is 12.0 Å². The number of thioether (sulfide) groups is 1. The molecule has 0 saturated carbocycles. The average molecular weight is 307 g/mol. The SMILES string of the molecule is CCc1nnc(SCC(=O)O)n1Cc1ccccc1OC. The third-order valence-electron chi connectivity index (χ3n) is 2.96. The van der Waals surface area contributed by atoms with Gasteiger partial charge in [-0.25, -0.2) is 0 Å². The van der Waals surface area contributed by atoms with Crippen LogP contribution in [0.5, 0.6) is 5.75 Å². The fourth-order valence-corrected chi connectivity index (χ4v) is 2.65. The van der Waals surface area contributed by atoms with Crippen molar-refractivity contribution in [1.29, 1.82) is 0 Å². The molecule has 0 aliphatic rings. The largest absolute Gasteiger partial charge is 0.496 e. The highest BCUT2D eigenvalue weighted by Crippen LogP contribution is 2.23. The van der Waals surface area contributed by atoms with Crippen molar-refractivity contribution in [2.75, 3.05) is 12.9 Å². The molecule has 0 aliphatic carbocycles. The zero-order valence-electron chi connectivity index (χ0n) is 11.9. The van der Waals surface area contributed by atoms with Crippen LogP contribution in [0.25, 0.3) is 0 Å². The van der Waals surface area contributed by atoms with Crippen molar-refractivity contribution in [2.24, 2.45) is 0 Å². The van der Waals surface area contributed by atoms with Gasteiger partial charge >= 0.3 is 5.97 Å². The van der Waals surface area contributed by atoms with Crippen LogP contribution < -0.4 is 4.74 Å². The smallest absolute Gasteiger partial charge is 0.313 e. The Kier molecular flexibility index (Phi) is 5.21. The van der Waals surface area contributed by atoms with Crippen LogP contribution >= 0.6 is 11.8 Å². The van der Waals surface area contributed by atoms with Crippen molar-refractivity contribution in [3.8, 4) is 5.75 Å². The second-order valence-electron chi connectivity index (χ2n) is 4.33. The normalized spacial score (nSPS) is 10.6.